The number of hydrogen-bond donors (Lipinski definition) is 1. The Morgan fingerprint density at radius 2 is 1.73 bits per heavy atom. The molecule has 6 rings (SSSR count). The molecular weight excluding hydrogens is 520 g/mol. The van der Waals surface area contributed by atoms with Crippen LogP contribution in [0.1, 0.15) is 42.4 Å². The molecule has 0 bridgehead atoms. The molecule has 0 unspecified atom stereocenters. The van der Waals surface area contributed by atoms with Crippen molar-refractivity contribution in [1.82, 2.24) is 30.1 Å². The van der Waals surface area contributed by atoms with Gasteiger partial charge >= 0.3 is 0 Å². The largest absolute Gasteiger partial charge is 0.497 e. The first-order valence-corrected chi connectivity index (χ1v) is 13.6. The zero-order valence-electron chi connectivity index (χ0n) is 23.3. The molecular formula is C31H32N6O4. The van der Waals surface area contributed by atoms with E-state index in [0.717, 1.165) is 28.1 Å². The van der Waals surface area contributed by atoms with E-state index in [2.05, 4.69) is 51.4 Å². The van der Waals surface area contributed by atoms with Gasteiger partial charge in [-0.1, -0.05) is 56.3 Å². The van der Waals surface area contributed by atoms with Crippen LogP contribution < -0.4 is 19.8 Å². The number of rotatable bonds is 10. The molecule has 0 aliphatic carbocycles. The average Bonchev–Trinajstić information content (AvgIpc) is 3.62. The van der Waals surface area contributed by atoms with Crippen molar-refractivity contribution in [3.8, 4) is 17.2 Å². The van der Waals surface area contributed by atoms with E-state index >= 15 is 0 Å². The molecule has 2 aromatic heterocycles. The monoisotopic (exact) mass is 552 g/mol. The van der Waals surface area contributed by atoms with Gasteiger partial charge in [-0.15, -0.1) is 5.10 Å². The van der Waals surface area contributed by atoms with Crippen LogP contribution in [0.25, 0.3) is 10.9 Å². The lowest BCUT2D eigenvalue weighted by atomic mass is 9.99. The van der Waals surface area contributed by atoms with Gasteiger partial charge in [-0.2, -0.15) is 0 Å². The molecule has 0 saturated carbocycles. The van der Waals surface area contributed by atoms with Gasteiger partial charge in [0.25, 0.3) is 5.56 Å². The van der Waals surface area contributed by atoms with E-state index < -0.39 is 0 Å². The molecule has 1 N–H and O–H groups in total. The zero-order chi connectivity index (χ0) is 28.3. The van der Waals surface area contributed by atoms with Gasteiger partial charge in [0, 0.05) is 30.1 Å². The van der Waals surface area contributed by atoms with Crippen LogP contribution >= 0.6 is 0 Å². The molecule has 3 aromatic carbocycles. The summed E-state index contributed by atoms with van der Waals surface area (Å²) in [6, 6.07) is 23.6. The summed E-state index contributed by atoms with van der Waals surface area (Å²) in [7, 11) is 1.65. The Morgan fingerprint density at radius 3 is 2.46 bits per heavy atom. The second-order valence-electron chi connectivity index (χ2n) is 10.5. The Bertz CT molecular complexity index is 1700. The SMILES string of the molecule is COc1ccc(Cn2nnnc2[C@@H](C(C)C)N(Cc2ccccc2)Cc2cc3cc4c(cc3[nH]c2=O)OCO4)cc1. The third kappa shape index (κ3) is 5.64. The van der Waals surface area contributed by atoms with Crippen LogP contribution in [0.5, 0.6) is 17.2 Å². The maximum atomic E-state index is 13.4. The number of tetrazole rings is 1. The molecule has 10 nitrogen and oxygen atoms in total. The van der Waals surface area contributed by atoms with Gasteiger partial charge in [-0.05, 0) is 51.7 Å². The normalized spacial score (nSPS) is 13.3. The molecule has 0 spiro atoms. The topological polar surface area (TPSA) is 107 Å². The number of H-pyrrole nitrogens is 1. The highest BCUT2D eigenvalue weighted by Crippen LogP contribution is 2.36. The van der Waals surface area contributed by atoms with Crippen LogP contribution in [0.2, 0.25) is 0 Å². The first-order chi connectivity index (χ1) is 20.0. The highest BCUT2D eigenvalue weighted by molar-refractivity contribution is 5.83. The van der Waals surface area contributed by atoms with Gasteiger partial charge < -0.3 is 19.2 Å². The molecule has 1 aliphatic rings. The Balaban J connectivity index is 1.37. The van der Waals surface area contributed by atoms with Crippen molar-refractivity contribution in [2.24, 2.45) is 5.92 Å². The number of pyridine rings is 1. The third-order valence-corrected chi connectivity index (χ3v) is 7.36. The summed E-state index contributed by atoms with van der Waals surface area (Å²) in [5.41, 5.74) is 3.40. The minimum absolute atomic E-state index is 0.144. The van der Waals surface area contributed by atoms with Crippen molar-refractivity contribution < 1.29 is 14.2 Å². The molecule has 210 valence electrons. The van der Waals surface area contributed by atoms with Crippen molar-refractivity contribution in [3.63, 3.8) is 0 Å². The first kappa shape index (κ1) is 26.5. The lowest BCUT2D eigenvalue weighted by molar-refractivity contribution is 0.126. The van der Waals surface area contributed by atoms with E-state index in [0.29, 0.717) is 42.2 Å². The number of ether oxygens (including phenoxy) is 3. The number of benzene rings is 3. The van der Waals surface area contributed by atoms with Gasteiger partial charge in [0.15, 0.2) is 17.3 Å². The van der Waals surface area contributed by atoms with Crippen molar-refractivity contribution in [2.45, 2.75) is 39.5 Å². The van der Waals surface area contributed by atoms with Gasteiger partial charge in [-0.25, -0.2) is 4.68 Å². The van der Waals surface area contributed by atoms with Crippen LogP contribution in [0.4, 0.5) is 0 Å². The molecule has 0 saturated heterocycles. The van der Waals surface area contributed by atoms with E-state index in [4.69, 9.17) is 14.2 Å². The van der Waals surface area contributed by atoms with Gasteiger partial charge in [-0.3, -0.25) is 9.69 Å². The number of methoxy groups -OCH3 is 1. The average molecular weight is 553 g/mol. The predicted octanol–water partition coefficient (Wildman–Crippen LogP) is 4.70. The quantitative estimate of drug-likeness (QED) is 0.266. The summed E-state index contributed by atoms with van der Waals surface area (Å²) in [5, 5.41) is 13.8. The van der Waals surface area contributed by atoms with Crippen molar-refractivity contribution in [2.75, 3.05) is 13.9 Å². The Labute approximate surface area is 237 Å². The summed E-state index contributed by atoms with van der Waals surface area (Å²) in [5.74, 6) is 2.99. The van der Waals surface area contributed by atoms with Gasteiger partial charge in [0.2, 0.25) is 6.79 Å². The van der Waals surface area contributed by atoms with Crippen LogP contribution in [0.3, 0.4) is 0 Å². The second kappa shape index (κ2) is 11.4. The zero-order valence-corrected chi connectivity index (χ0v) is 23.3. The molecule has 1 atom stereocenters. The highest BCUT2D eigenvalue weighted by Gasteiger charge is 2.30. The molecule has 1 aliphatic heterocycles. The van der Waals surface area contributed by atoms with E-state index in [1.54, 1.807) is 7.11 Å². The summed E-state index contributed by atoms with van der Waals surface area (Å²) in [6.07, 6.45) is 0. The van der Waals surface area contributed by atoms with E-state index in [-0.39, 0.29) is 24.3 Å². The van der Waals surface area contributed by atoms with Gasteiger partial charge in [0.05, 0.1) is 25.2 Å². The fourth-order valence-electron chi connectivity index (χ4n) is 5.37. The summed E-state index contributed by atoms with van der Waals surface area (Å²) in [4.78, 5) is 18.7. The van der Waals surface area contributed by atoms with Crippen molar-refractivity contribution in [1.29, 1.82) is 0 Å². The summed E-state index contributed by atoms with van der Waals surface area (Å²) in [6.45, 7) is 6.00. The smallest absolute Gasteiger partial charge is 0.252 e. The predicted molar refractivity (Wildman–Crippen MR) is 154 cm³/mol. The maximum absolute atomic E-state index is 13.4. The standard InChI is InChI=1S/C31H32N6O4/c1-20(2)29(30-33-34-35-37(30)17-22-9-11-25(39-3)12-10-22)36(16-21-7-5-4-6-8-21)18-24-13-23-14-27-28(41-19-40-27)15-26(23)32-31(24)38/h4-15,20,29H,16-19H2,1-3H3,(H,32,38)/t29-/m1/s1. The molecule has 3 heterocycles. The number of fused-ring (bicyclic) bond motifs is 2. The maximum Gasteiger partial charge on any atom is 0.252 e. The lowest BCUT2D eigenvalue weighted by Gasteiger charge is -2.33. The fourth-order valence-corrected chi connectivity index (χ4v) is 5.37. The first-order valence-electron chi connectivity index (χ1n) is 13.6. The number of nitrogens with zero attached hydrogens (tertiary/aromatic N) is 5. The molecule has 5 aromatic rings. The number of aromatic amines is 1. The second-order valence-corrected chi connectivity index (χ2v) is 10.5. The Kier molecular flexibility index (Phi) is 7.39. The van der Waals surface area contributed by atoms with E-state index in [9.17, 15) is 4.79 Å². The minimum Gasteiger partial charge on any atom is -0.497 e. The molecule has 41 heavy (non-hydrogen) atoms. The number of aromatic nitrogens is 5. The lowest BCUT2D eigenvalue weighted by Crippen LogP contribution is -2.35. The fraction of sp³-hybridized carbons (Fsp3) is 0.290. The number of hydrogen-bond acceptors (Lipinski definition) is 8. The van der Waals surface area contributed by atoms with Crippen molar-refractivity contribution in [3.05, 3.63) is 106 Å². The van der Waals surface area contributed by atoms with E-state index in [1.807, 2.05) is 65.3 Å². The Hall–Kier alpha value is -4.70. The molecule has 10 heteroatoms. The Morgan fingerprint density at radius 1 is 0.976 bits per heavy atom. The summed E-state index contributed by atoms with van der Waals surface area (Å²) >= 11 is 0. The van der Waals surface area contributed by atoms with Crippen LogP contribution in [0, 0.1) is 5.92 Å². The number of nitrogens with one attached hydrogen (secondary N) is 1. The third-order valence-electron chi connectivity index (χ3n) is 7.36. The van der Waals surface area contributed by atoms with Gasteiger partial charge in [0.1, 0.15) is 5.75 Å². The summed E-state index contributed by atoms with van der Waals surface area (Å²) < 4.78 is 18.2. The van der Waals surface area contributed by atoms with Crippen molar-refractivity contribution >= 4 is 10.9 Å². The molecule has 0 radical (unpaired) electrons. The van der Waals surface area contributed by atoms with Crippen LogP contribution in [-0.4, -0.2) is 44.0 Å². The molecule has 0 fully saturated rings. The van der Waals surface area contributed by atoms with Crippen LogP contribution in [0.15, 0.2) is 77.6 Å². The van der Waals surface area contributed by atoms with E-state index in [1.165, 1.54) is 0 Å². The molecule has 0 amide bonds. The highest BCUT2D eigenvalue weighted by atomic mass is 16.7. The minimum atomic E-state index is -0.171. The van der Waals surface area contributed by atoms with Crippen LogP contribution in [-0.2, 0) is 19.6 Å².